The Kier molecular flexibility index (Phi) is 4.53. The summed E-state index contributed by atoms with van der Waals surface area (Å²) in [5.41, 5.74) is 0.822. The molecule has 0 radical (unpaired) electrons. The normalized spacial score (nSPS) is 26.5. The van der Waals surface area contributed by atoms with Gasteiger partial charge in [-0.15, -0.1) is 0 Å². The van der Waals surface area contributed by atoms with Crippen LogP contribution in [0.2, 0.25) is 0 Å². The van der Waals surface area contributed by atoms with Gasteiger partial charge in [-0.3, -0.25) is 19.4 Å². The van der Waals surface area contributed by atoms with Crippen LogP contribution in [-0.4, -0.2) is 53.5 Å². The van der Waals surface area contributed by atoms with Gasteiger partial charge in [0.15, 0.2) is 0 Å². The highest BCUT2D eigenvalue weighted by atomic mass is 16.5. The zero-order valence-corrected chi connectivity index (χ0v) is 18.4. The van der Waals surface area contributed by atoms with E-state index in [1.54, 1.807) is 38.5 Å². The van der Waals surface area contributed by atoms with E-state index in [2.05, 4.69) is 0 Å². The van der Waals surface area contributed by atoms with Gasteiger partial charge in [0.05, 0.1) is 31.9 Å². The number of nitrogens with zero attached hydrogens (tertiary/aromatic N) is 3. The molecule has 8 heteroatoms. The average molecular weight is 435 g/mol. The lowest BCUT2D eigenvalue weighted by Gasteiger charge is -2.38. The second-order valence-corrected chi connectivity index (χ2v) is 8.97. The Morgan fingerprint density at radius 1 is 0.812 bits per heavy atom. The van der Waals surface area contributed by atoms with E-state index in [0.717, 1.165) is 5.56 Å². The first-order valence-corrected chi connectivity index (χ1v) is 10.6. The molecule has 0 bridgehead atoms. The van der Waals surface area contributed by atoms with Crippen molar-refractivity contribution in [1.82, 2.24) is 10.0 Å². The predicted octanol–water partition coefficient (Wildman–Crippen LogP) is 2.54. The maximum Gasteiger partial charge on any atom is 0.259 e. The number of hydrogen-bond acceptors (Lipinski definition) is 6. The molecule has 3 atom stereocenters. The van der Waals surface area contributed by atoms with Crippen molar-refractivity contribution in [2.24, 2.45) is 5.92 Å². The standard InChI is InChI=1S/C24H25N3O5/c1-24(2)13-18(28)26-21-19(20(27(24)26)14-5-9-16(31-3)10-6-14)22(29)25(23(21)30)15-7-11-17(32-4)12-8-15/h5-12,19-21H,13H2,1-4H3/t19-,20+,21+/m0/s1. The molecule has 3 heterocycles. The molecule has 8 nitrogen and oxygen atoms in total. The summed E-state index contributed by atoms with van der Waals surface area (Å²) in [6.07, 6.45) is 0.285. The lowest BCUT2D eigenvalue weighted by atomic mass is 9.87. The Balaban J connectivity index is 1.61. The van der Waals surface area contributed by atoms with Crippen molar-refractivity contribution in [3.63, 3.8) is 0 Å². The molecule has 3 aliphatic heterocycles. The molecule has 5 rings (SSSR count). The van der Waals surface area contributed by atoms with Gasteiger partial charge in [-0.25, -0.2) is 9.91 Å². The quantitative estimate of drug-likeness (QED) is 0.687. The van der Waals surface area contributed by atoms with Crippen LogP contribution in [0.4, 0.5) is 5.69 Å². The number of methoxy groups -OCH3 is 2. The van der Waals surface area contributed by atoms with Gasteiger partial charge in [0, 0.05) is 12.0 Å². The van der Waals surface area contributed by atoms with Crippen LogP contribution < -0.4 is 14.4 Å². The summed E-state index contributed by atoms with van der Waals surface area (Å²) in [6.45, 7) is 3.94. The number of anilines is 1. The Hall–Kier alpha value is -3.39. The van der Waals surface area contributed by atoms with Crippen LogP contribution in [0, 0.1) is 5.92 Å². The van der Waals surface area contributed by atoms with Gasteiger partial charge in [0.1, 0.15) is 17.5 Å². The molecule has 0 spiro atoms. The van der Waals surface area contributed by atoms with Crippen LogP contribution in [0.1, 0.15) is 31.9 Å². The molecule has 3 saturated heterocycles. The maximum atomic E-state index is 13.7. The summed E-state index contributed by atoms with van der Waals surface area (Å²) in [7, 11) is 3.15. The fourth-order valence-electron chi connectivity index (χ4n) is 5.27. The van der Waals surface area contributed by atoms with Crippen molar-refractivity contribution in [3.8, 4) is 11.5 Å². The fourth-order valence-corrected chi connectivity index (χ4v) is 5.27. The van der Waals surface area contributed by atoms with E-state index in [1.165, 1.54) is 9.91 Å². The lowest BCUT2D eigenvalue weighted by molar-refractivity contribution is -0.146. The zero-order chi connectivity index (χ0) is 22.8. The molecule has 0 aliphatic carbocycles. The summed E-state index contributed by atoms with van der Waals surface area (Å²) in [4.78, 5) is 41.5. The minimum absolute atomic E-state index is 0.140. The lowest BCUT2D eigenvalue weighted by Crippen LogP contribution is -2.49. The molecule has 0 unspecified atom stereocenters. The molecule has 3 fully saturated rings. The van der Waals surface area contributed by atoms with Gasteiger partial charge in [-0.05, 0) is 55.8 Å². The molecule has 32 heavy (non-hydrogen) atoms. The molecule has 0 saturated carbocycles. The third-order valence-electron chi connectivity index (χ3n) is 6.67. The summed E-state index contributed by atoms with van der Waals surface area (Å²) in [6, 6.07) is 13.0. The number of benzene rings is 2. The molecule has 166 valence electrons. The number of ether oxygens (including phenoxy) is 2. The largest absolute Gasteiger partial charge is 0.497 e. The highest BCUT2D eigenvalue weighted by molar-refractivity contribution is 6.24. The molecule has 0 aromatic heterocycles. The molecule has 2 aromatic carbocycles. The maximum absolute atomic E-state index is 13.7. The third kappa shape index (κ3) is 2.75. The van der Waals surface area contributed by atoms with Crippen LogP contribution in [-0.2, 0) is 14.4 Å². The van der Waals surface area contributed by atoms with E-state index in [9.17, 15) is 14.4 Å². The van der Waals surface area contributed by atoms with E-state index >= 15 is 0 Å². The highest BCUT2D eigenvalue weighted by Gasteiger charge is 2.68. The number of hydrogen-bond donors (Lipinski definition) is 0. The van der Waals surface area contributed by atoms with Gasteiger partial charge >= 0.3 is 0 Å². The van der Waals surface area contributed by atoms with Crippen molar-refractivity contribution in [2.75, 3.05) is 19.1 Å². The van der Waals surface area contributed by atoms with Crippen LogP contribution >= 0.6 is 0 Å². The Morgan fingerprint density at radius 2 is 1.38 bits per heavy atom. The van der Waals surface area contributed by atoms with Gasteiger partial charge < -0.3 is 9.47 Å². The first kappa shape index (κ1) is 20.5. The van der Waals surface area contributed by atoms with E-state index in [4.69, 9.17) is 9.47 Å². The Bertz CT molecular complexity index is 1100. The topological polar surface area (TPSA) is 79.4 Å². The number of imide groups is 1. The number of fused-ring (bicyclic) bond motifs is 3. The van der Waals surface area contributed by atoms with Crippen LogP contribution in [0.15, 0.2) is 48.5 Å². The number of carbonyl (C=O) groups excluding carboxylic acids is 3. The van der Waals surface area contributed by atoms with E-state index in [0.29, 0.717) is 17.2 Å². The smallest absolute Gasteiger partial charge is 0.259 e. The van der Waals surface area contributed by atoms with E-state index < -0.39 is 23.5 Å². The second kappa shape index (κ2) is 7.06. The zero-order valence-electron chi connectivity index (χ0n) is 18.4. The van der Waals surface area contributed by atoms with Crippen molar-refractivity contribution >= 4 is 23.4 Å². The number of rotatable bonds is 4. The summed E-state index contributed by atoms with van der Waals surface area (Å²) in [5.74, 6) is -0.182. The first-order chi connectivity index (χ1) is 15.3. The van der Waals surface area contributed by atoms with Gasteiger partial charge in [0.2, 0.25) is 11.8 Å². The minimum atomic E-state index is -0.856. The molecule has 3 aliphatic rings. The second-order valence-electron chi connectivity index (χ2n) is 8.97. The third-order valence-corrected chi connectivity index (χ3v) is 6.67. The van der Waals surface area contributed by atoms with Crippen LogP contribution in [0.25, 0.3) is 0 Å². The predicted molar refractivity (Wildman–Crippen MR) is 116 cm³/mol. The van der Waals surface area contributed by atoms with Gasteiger partial charge in [-0.2, -0.15) is 0 Å². The molecule has 0 N–H and O–H groups in total. The highest BCUT2D eigenvalue weighted by Crippen LogP contribution is 2.53. The van der Waals surface area contributed by atoms with Gasteiger partial charge in [0.25, 0.3) is 5.91 Å². The van der Waals surface area contributed by atoms with E-state index in [1.807, 2.05) is 43.1 Å². The van der Waals surface area contributed by atoms with Gasteiger partial charge in [-0.1, -0.05) is 12.1 Å². The monoisotopic (exact) mass is 435 g/mol. The Labute approximate surface area is 186 Å². The van der Waals surface area contributed by atoms with Crippen LogP contribution in [0.5, 0.6) is 11.5 Å². The molecular weight excluding hydrogens is 410 g/mol. The number of carbonyl (C=O) groups is 3. The van der Waals surface area contributed by atoms with Crippen molar-refractivity contribution in [2.45, 2.75) is 37.9 Å². The van der Waals surface area contributed by atoms with E-state index in [-0.39, 0.29) is 24.1 Å². The summed E-state index contributed by atoms with van der Waals surface area (Å²) < 4.78 is 10.5. The fraction of sp³-hybridized carbons (Fsp3) is 0.375. The Morgan fingerprint density at radius 3 is 1.94 bits per heavy atom. The molecule has 3 amide bonds. The molecular formula is C24H25N3O5. The minimum Gasteiger partial charge on any atom is -0.497 e. The van der Waals surface area contributed by atoms with Crippen molar-refractivity contribution in [1.29, 1.82) is 0 Å². The van der Waals surface area contributed by atoms with Crippen molar-refractivity contribution in [3.05, 3.63) is 54.1 Å². The van der Waals surface area contributed by atoms with Crippen molar-refractivity contribution < 1.29 is 23.9 Å². The SMILES string of the molecule is COc1ccc([C@@H]2[C@@H]3C(=O)N(c4ccc(OC)cc4)C(=O)[C@@H]3N3C(=O)CC(C)(C)N23)cc1. The summed E-state index contributed by atoms with van der Waals surface area (Å²) >= 11 is 0. The average Bonchev–Trinajstić information content (AvgIpc) is 3.35. The first-order valence-electron chi connectivity index (χ1n) is 10.6. The number of hydrazine groups is 1. The van der Waals surface area contributed by atoms with Crippen LogP contribution in [0.3, 0.4) is 0 Å². The number of amides is 3. The summed E-state index contributed by atoms with van der Waals surface area (Å²) in [5, 5.41) is 3.47. The molecule has 2 aromatic rings.